The molecule has 1 aromatic heterocycles. The van der Waals surface area contributed by atoms with E-state index in [1.54, 1.807) is 26.7 Å². The third-order valence-corrected chi connectivity index (χ3v) is 12.3. The van der Waals surface area contributed by atoms with Gasteiger partial charge in [-0.3, -0.25) is 19.1 Å². The molecule has 3 atom stereocenters. The van der Waals surface area contributed by atoms with Gasteiger partial charge >= 0.3 is 6.09 Å². The Morgan fingerprint density at radius 3 is 2.45 bits per heavy atom. The van der Waals surface area contributed by atoms with Gasteiger partial charge in [0.15, 0.2) is 0 Å². The minimum Gasteiger partial charge on any atom is -0.487 e. The van der Waals surface area contributed by atoms with Gasteiger partial charge < -0.3 is 34.6 Å². The number of nitrogens with one attached hydrogen (secondary N) is 2. The standard InChI is InChI=1S/C42H51FN6O7/c1-3-29-23-48(36(50)25-54-29)34-22-42(15-18-47(19-16-42)41(53)55-24-26-8-6-5-7-9-26)56-35-21-32(31(43)20-30(34)35)45-40(52)38(37(27-10-11-27)28-12-13-28)46-39(51)33-14-17-44-49(33)4-2/h5-9,14,17,20-21,27-29,34,37-38H,3-4,10-13,15-16,18-19,22-25H2,1-2H3,(H,45,52)(H,46,51)/t29?,34?,38-/m0/s1. The average Bonchev–Trinajstić information content (AvgIpc) is 4.17. The second kappa shape index (κ2) is 15.9. The summed E-state index contributed by atoms with van der Waals surface area (Å²) in [5.74, 6) is -0.792. The quantitative estimate of drug-likeness (QED) is 0.234. The first-order valence-corrected chi connectivity index (χ1v) is 20.2. The lowest BCUT2D eigenvalue weighted by atomic mass is 9.79. The molecule has 4 heterocycles. The number of carbonyl (C=O) groups excluding carboxylic acids is 4. The SMILES string of the molecule is CCC1CN(C2CC3(CCN(C(=O)OCc4ccccc4)CC3)Oc3cc(NC(=O)[C@@H](NC(=O)c4ccnn4CC)C(C4CC4)C4CC4)c(F)cc32)C(=O)CO1. The summed E-state index contributed by atoms with van der Waals surface area (Å²) in [7, 11) is 0. The lowest BCUT2D eigenvalue weighted by Crippen LogP contribution is -2.56. The van der Waals surface area contributed by atoms with E-state index < -0.39 is 41.4 Å². The Hall–Kier alpha value is -4.98. The van der Waals surface area contributed by atoms with E-state index in [-0.39, 0.29) is 36.8 Å². The molecule has 298 valence electrons. The van der Waals surface area contributed by atoms with E-state index >= 15 is 4.39 Å². The molecule has 4 fully saturated rings. The summed E-state index contributed by atoms with van der Waals surface area (Å²) in [6, 6.07) is 12.6. The van der Waals surface area contributed by atoms with Gasteiger partial charge in [0.05, 0.1) is 17.8 Å². The lowest BCUT2D eigenvalue weighted by molar-refractivity contribution is -0.156. The summed E-state index contributed by atoms with van der Waals surface area (Å²) < 4.78 is 36.1. The van der Waals surface area contributed by atoms with E-state index in [0.29, 0.717) is 80.7 Å². The van der Waals surface area contributed by atoms with E-state index in [4.69, 9.17) is 14.2 Å². The van der Waals surface area contributed by atoms with Gasteiger partial charge in [0, 0.05) is 63.3 Å². The number of fused-ring (bicyclic) bond motifs is 1. The number of carbonyl (C=O) groups is 4. The highest BCUT2D eigenvalue weighted by Crippen LogP contribution is 2.52. The van der Waals surface area contributed by atoms with Crippen LogP contribution in [0.5, 0.6) is 5.75 Å². The first-order valence-electron chi connectivity index (χ1n) is 20.2. The molecule has 2 unspecified atom stereocenters. The number of morpholine rings is 1. The number of ether oxygens (including phenoxy) is 3. The minimum atomic E-state index is -0.874. The summed E-state index contributed by atoms with van der Waals surface area (Å²) in [5.41, 5.74) is 0.948. The zero-order valence-electron chi connectivity index (χ0n) is 32.1. The maximum atomic E-state index is 16.3. The van der Waals surface area contributed by atoms with Crippen LogP contribution in [-0.2, 0) is 32.2 Å². The zero-order chi connectivity index (χ0) is 39.0. The van der Waals surface area contributed by atoms with Gasteiger partial charge in [0.25, 0.3) is 5.91 Å². The van der Waals surface area contributed by atoms with Crippen molar-refractivity contribution >= 4 is 29.5 Å². The third-order valence-electron chi connectivity index (χ3n) is 12.3. The van der Waals surface area contributed by atoms with Crippen LogP contribution in [0.15, 0.2) is 54.7 Å². The van der Waals surface area contributed by atoms with Crippen LogP contribution >= 0.6 is 0 Å². The number of halogens is 1. The van der Waals surface area contributed by atoms with Gasteiger partial charge in [-0.15, -0.1) is 0 Å². The van der Waals surface area contributed by atoms with Crippen molar-refractivity contribution in [1.29, 1.82) is 0 Å². The Labute approximate surface area is 326 Å². The molecule has 2 saturated carbocycles. The van der Waals surface area contributed by atoms with Crippen LogP contribution in [0.3, 0.4) is 0 Å². The highest BCUT2D eigenvalue weighted by Gasteiger charge is 2.50. The fourth-order valence-corrected chi connectivity index (χ4v) is 8.87. The van der Waals surface area contributed by atoms with Gasteiger partial charge in [-0.05, 0) is 74.5 Å². The molecule has 3 aliphatic heterocycles. The van der Waals surface area contributed by atoms with Crippen LogP contribution in [0, 0.1) is 23.6 Å². The molecular weight excluding hydrogens is 719 g/mol. The van der Waals surface area contributed by atoms with Crippen molar-refractivity contribution < 1.29 is 37.8 Å². The molecule has 8 rings (SSSR count). The second-order valence-electron chi connectivity index (χ2n) is 16.0. The van der Waals surface area contributed by atoms with Crippen LogP contribution in [0.1, 0.15) is 92.9 Å². The molecule has 0 bridgehead atoms. The lowest BCUT2D eigenvalue weighted by Gasteiger charge is -2.50. The topological polar surface area (TPSA) is 144 Å². The molecule has 14 heteroatoms. The number of benzene rings is 2. The number of amides is 4. The summed E-state index contributed by atoms with van der Waals surface area (Å²) in [4.78, 5) is 57.8. The molecule has 0 radical (unpaired) electrons. The Kier molecular flexibility index (Phi) is 10.7. The first-order chi connectivity index (χ1) is 27.1. The predicted molar refractivity (Wildman–Crippen MR) is 203 cm³/mol. The van der Waals surface area contributed by atoms with Gasteiger partial charge in [-0.25, -0.2) is 9.18 Å². The van der Waals surface area contributed by atoms with E-state index in [1.807, 2.05) is 44.2 Å². The minimum absolute atomic E-state index is 0.0607. The number of likely N-dealkylation sites (tertiary alicyclic amines) is 1. The monoisotopic (exact) mass is 770 g/mol. The highest BCUT2D eigenvalue weighted by molar-refractivity contribution is 6.01. The molecule has 1 spiro atoms. The molecule has 5 aliphatic rings. The molecule has 2 saturated heterocycles. The van der Waals surface area contributed by atoms with Gasteiger partial charge in [0.2, 0.25) is 11.8 Å². The largest absolute Gasteiger partial charge is 0.487 e. The number of anilines is 1. The number of rotatable bonds is 12. The highest BCUT2D eigenvalue weighted by atomic mass is 19.1. The van der Waals surface area contributed by atoms with Crippen molar-refractivity contribution in [2.45, 2.75) is 102 Å². The normalized spacial score (nSPS) is 22.3. The van der Waals surface area contributed by atoms with Crippen molar-refractivity contribution in [3.05, 3.63) is 77.4 Å². The number of hydrogen-bond acceptors (Lipinski definition) is 8. The molecule has 2 aliphatic carbocycles. The molecule has 2 N–H and O–H groups in total. The maximum absolute atomic E-state index is 16.3. The first kappa shape index (κ1) is 37.9. The van der Waals surface area contributed by atoms with Crippen molar-refractivity contribution in [2.24, 2.45) is 17.8 Å². The van der Waals surface area contributed by atoms with Gasteiger partial charge in [0.1, 0.15) is 42.1 Å². The number of aromatic nitrogens is 2. The van der Waals surface area contributed by atoms with Crippen molar-refractivity contribution in [2.75, 3.05) is 31.6 Å². The molecular formula is C42H51FN6O7. The van der Waals surface area contributed by atoms with Crippen LogP contribution in [0.4, 0.5) is 14.9 Å². The number of aryl methyl sites for hydroxylation is 1. The van der Waals surface area contributed by atoms with Crippen LogP contribution < -0.4 is 15.4 Å². The van der Waals surface area contributed by atoms with Crippen molar-refractivity contribution in [3.8, 4) is 5.75 Å². The maximum Gasteiger partial charge on any atom is 0.410 e. The summed E-state index contributed by atoms with van der Waals surface area (Å²) in [5, 5.41) is 10.1. The fraction of sp³-hybridized carbons (Fsp3) is 0.548. The van der Waals surface area contributed by atoms with E-state index in [9.17, 15) is 19.2 Å². The van der Waals surface area contributed by atoms with Crippen LogP contribution in [0.25, 0.3) is 0 Å². The molecule has 2 aromatic carbocycles. The Balaban J connectivity index is 1.05. The van der Waals surface area contributed by atoms with Gasteiger partial charge in [-0.2, -0.15) is 5.10 Å². The summed E-state index contributed by atoms with van der Waals surface area (Å²) >= 11 is 0. The summed E-state index contributed by atoms with van der Waals surface area (Å²) in [6.07, 6.45) is 6.99. The van der Waals surface area contributed by atoms with E-state index in [2.05, 4.69) is 15.7 Å². The fourth-order valence-electron chi connectivity index (χ4n) is 8.87. The van der Waals surface area contributed by atoms with Gasteiger partial charge in [-0.1, -0.05) is 37.3 Å². The van der Waals surface area contributed by atoms with Crippen LogP contribution in [-0.4, -0.2) is 87.4 Å². The molecule has 56 heavy (non-hydrogen) atoms. The Morgan fingerprint density at radius 1 is 1.04 bits per heavy atom. The smallest absolute Gasteiger partial charge is 0.410 e. The Bertz CT molecular complexity index is 1930. The average molecular weight is 771 g/mol. The summed E-state index contributed by atoms with van der Waals surface area (Å²) in [6.45, 7) is 5.60. The number of hydrogen-bond donors (Lipinski definition) is 2. The predicted octanol–water partition coefficient (Wildman–Crippen LogP) is 5.85. The van der Waals surface area contributed by atoms with Crippen molar-refractivity contribution in [1.82, 2.24) is 24.9 Å². The number of piperidine rings is 1. The van der Waals surface area contributed by atoms with E-state index in [1.165, 1.54) is 12.1 Å². The van der Waals surface area contributed by atoms with Crippen LogP contribution in [0.2, 0.25) is 0 Å². The molecule has 13 nitrogen and oxygen atoms in total. The molecule has 3 aromatic rings. The van der Waals surface area contributed by atoms with Crippen molar-refractivity contribution in [3.63, 3.8) is 0 Å². The number of nitrogens with zero attached hydrogens (tertiary/aromatic N) is 4. The van der Waals surface area contributed by atoms with E-state index in [0.717, 1.165) is 31.2 Å². The molecule has 4 amide bonds. The Morgan fingerprint density at radius 2 is 1.77 bits per heavy atom. The zero-order valence-corrected chi connectivity index (χ0v) is 32.1. The second-order valence-corrected chi connectivity index (χ2v) is 16.0. The third kappa shape index (κ3) is 7.98.